The van der Waals surface area contributed by atoms with Gasteiger partial charge in [-0.15, -0.1) is 0 Å². The van der Waals surface area contributed by atoms with Gasteiger partial charge in [0, 0.05) is 18.3 Å². The molecule has 4 heteroatoms. The van der Waals surface area contributed by atoms with Gasteiger partial charge >= 0.3 is 0 Å². The van der Waals surface area contributed by atoms with Crippen molar-refractivity contribution in [3.8, 4) is 6.07 Å². The van der Waals surface area contributed by atoms with Gasteiger partial charge in [0.25, 0.3) is 5.91 Å². The molecule has 4 nitrogen and oxygen atoms in total. The van der Waals surface area contributed by atoms with Crippen LogP contribution in [0.15, 0.2) is 11.8 Å². The zero-order valence-corrected chi connectivity index (χ0v) is 14.6. The summed E-state index contributed by atoms with van der Waals surface area (Å²) in [6.07, 6.45) is 9.90. The topological polar surface area (TPSA) is 64.9 Å². The lowest BCUT2D eigenvalue weighted by Crippen LogP contribution is -2.54. The largest absolute Gasteiger partial charge is 0.387 e. The van der Waals surface area contributed by atoms with Crippen LogP contribution >= 0.6 is 0 Å². The third-order valence-electron chi connectivity index (χ3n) is 6.27. The highest BCUT2D eigenvalue weighted by Crippen LogP contribution is 2.61. The highest BCUT2D eigenvalue weighted by molar-refractivity contribution is 5.97. The quantitative estimate of drug-likeness (QED) is 0.605. The van der Waals surface area contributed by atoms with Crippen LogP contribution in [0, 0.1) is 34.5 Å². The Bertz CT molecular complexity index is 508. The molecule has 0 aromatic carbocycles. The molecule has 1 atom stereocenters. The summed E-state index contributed by atoms with van der Waals surface area (Å²) in [6, 6.07) is 2.39. The normalized spacial score (nSPS) is 36.7. The molecule has 0 saturated heterocycles. The van der Waals surface area contributed by atoms with E-state index in [0.717, 1.165) is 17.8 Å². The van der Waals surface area contributed by atoms with Crippen LogP contribution in [0.2, 0.25) is 0 Å². The zero-order valence-electron chi connectivity index (χ0n) is 14.6. The highest BCUT2D eigenvalue weighted by atomic mass is 16.1. The van der Waals surface area contributed by atoms with Gasteiger partial charge in [-0.05, 0) is 82.5 Å². The van der Waals surface area contributed by atoms with E-state index in [-0.39, 0.29) is 17.5 Å². The Morgan fingerprint density at radius 2 is 1.65 bits per heavy atom. The van der Waals surface area contributed by atoms with Crippen molar-refractivity contribution in [3.05, 3.63) is 11.8 Å². The Labute approximate surface area is 139 Å². The van der Waals surface area contributed by atoms with Crippen LogP contribution in [0.1, 0.15) is 59.3 Å². The molecule has 1 amide bonds. The summed E-state index contributed by atoms with van der Waals surface area (Å²) < 4.78 is 0. The number of hydrogen-bond acceptors (Lipinski definition) is 3. The standard InChI is InChI=1S/C19H29N3O/c1-12(2)22-18(23)17(10-20)11-21-13(3)19-7-14-4-15(8-19)6-16(5-14)9-19/h11-16,21H,4-9H2,1-3H3,(H,22,23)/b17-11-. The maximum Gasteiger partial charge on any atom is 0.263 e. The van der Waals surface area contributed by atoms with Crippen LogP contribution < -0.4 is 10.6 Å². The van der Waals surface area contributed by atoms with Crippen molar-refractivity contribution < 1.29 is 4.79 Å². The molecular formula is C19H29N3O. The Balaban J connectivity index is 1.67. The zero-order chi connectivity index (χ0) is 16.6. The Morgan fingerprint density at radius 3 is 2.09 bits per heavy atom. The van der Waals surface area contributed by atoms with Crippen LogP contribution in [0.5, 0.6) is 0 Å². The van der Waals surface area contributed by atoms with Gasteiger partial charge in [0.2, 0.25) is 0 Å². The summed E-state index contributed by atoms with van der Waals surface area (Å²) in [7, 11) is 0. The molecule has 4 fully saturated rings. The average molecular weight is 315 g/mol. The van der Waals surface area contributed by atoms with Crippen molar-refractivity contribution in [2.24, 2.45) is 23.2 Å². The molecule has 0 aromatic heterocycles. The van der Waals surface area contributed by atoms with Gasteiger partial charge in [-0.1, -0.05) is 0 Å². The summed E-state index contributed by atoms with van der Waals surface area (Å²) in [4.78, 5) is 12.0. The molecule has 2 N–H and O–H groups in total. The van der Waals surface area contributed by atoms with Crippen LogP contribution in [-0.4, -0.2) is 18.0 Å². The second kappa shape index (κ2) is 6.19. The molecule has 0 radical (unpaired) electrons. The van der Waals surface area contributed by atoms with E-state index in [9.17, 15) is 10.1 Å². The first kappa shape index (κ1) is 16.4. The molecule has 4 aliphatic rings. The van der Waals surface area contributed by atoms with E-state index in [1.165, 1.54) is 38.5 Å². The van der Waals surface area contributed by atoms with Gasteiger partial charge in [-0.25, -0.2) is 0 Å². The smallest absolute Gasteiger partial charge is 0.263 e. The Hall–Kier alpha value is -1.50. The molecular weight excluding hydrogens is 286 g/mol. The van der Waals surface area contributed by atoms with Crippen LogP contribution in [0.3, 0.4) is 0 Å². The van der Waals surface area contributed by atoms with Crippen molar-refractivity contribution in [1.29, 1.82) is 5.26 Å². The fourth-order valence-electron chi connectivity index (χ4n) is 5.58. The van der Waals surface area contributed by atoms with E-state index in [0.29, 0.717) is 11.5 Å². The number of hydrogen-bond donors (Lipinski definition) is 2. The highest BCUT2D eigenvalue weighted by Gasteiger charge is 2.52. The van der Waals surface area contributed by atoms with Gasteiger partial charge in [0.15, 0.2) is 0 Å². The van der Waals surface area contributed by atoms with E-state index >= 15 is 0 Å². The van der Waals surface area contributed by atoms with Crippen molar-refractivity contribution >= 4 is 5.91 Å². The van der Waals surface area contributed by atoms with Crippen LogP contribution in [0.25, 0.3) is 0 Å². The molecule has 126 valence electrons. The molecule has 4 bridgehead atoms. The van der Waals surface area contributed by atoms with Gasteiger partial charge in [-0.2, -0.15) is 5.26 Å². The summed E-state index contributed by atoms with van der Waals surface area (Å²) >= 11 is 0. The number of nitriles is 1. The van der Waals surface area contributed by atoms with E-state index in [4.69, 9.17) is 0 Å². The van der Waals surface area contributed by atoms with Gasteiger partial charge in [0.1, 0.15) is 11.6 Å². The predicted octanol–water partition coefficient (Wildman–Crippen LogP) is 3.11. The molecule has 0 heterocycles. The second-order valence-corrected chi connectivity index (χ2v) is 8.47. The number of nitrogens with one attached hydrogen (secondary N) is 2. The number of nitrogens with zero attached hydrogens (tertiary/aromatic N) is 1. The fraction of sp³-hybridized carbons (Fsp3) is 0.789. The monoisotopic (exact) mass is 315 g/mol. The van der Waals surface area contributed by atoms with Gasteiger partial charge < -0.3 is 10.6 Å². The molecule has 23 heavy (non-hydrogen) atoms. The van der Waals surface area contributed by atoms with E-state index in [2.05, 4.69) is 17.6 Å². The molecule has 4 rings (SSSR count). The van der Waals surface area contributed by atoms with E-state index in [1.54, 1.807) is 6.20 Å². The van der Waals surface area contributed by atoms with Gasteiger partial charge in [0.05, 0.1) is 0 Å². The predicted molar refractivity (Wildman–Crippen MR) is 90.2 cm³/mol. The molecule has 0 aliphatic heterocycles. The lowest BCUT2D eigenvalue weighted by Gasteiger charge is -2.59. The van der Waals surface area contributed by atoms with E-state index in [1.807, 2.05) is 19.9 Å². The first-order chi connectivity index (χ1) is 10.9. The third kappa shape index (κ3) is 3.24. The SMILES string of the molecule is CC(C)NC(=O)/C(C#N)=C\NC(C)C12CC3CC(CC(C3)C1)C2. The molecule has 0 spiro atoms. The molecule has 1 unspecified atom stereocenters. The van der Waals surface area contributed by atoms with Crippen molar-refractivity contribution in [3.63, 3.8) is 0 Å². The first-order valence-corrected chi connectivity index (χ1v) is 9.09. The molecule has 4 saturated carbocycles. The number of carbonyl (C=O) groups excluding carboxylic acids is 1. The lowest BCUT2D eigenvalue weighted by atomic mass is 9.48. The second-order valence-electron chi connectivity index (χ2n) is 8.47. The minimum absolute atomic E-state index is 0.0415. The average Bonchev–Trinajstić information content (AvgIpc) is 2.45. The summed E-state index contributed by atoms with van der Waals surface area (Å²) in [5, 5.41) is 15.4. The molecule has 4 aliphatic carbocycles. The number of rotatable bonds is 5. The molecule has 0 aromatic rings. The minimum Gasteiger partial charge on any atom is -0.387 e. The van der Waals surface area contributed by atoms with Crippen LogP contribution in [-0.2, 0) is 4.79 Å². The Morgan fingerprint density at radius 1 is 1.13 bits per heavy atom. The van der Waals surface area contributed by atoms with E-state index < -0.39 is 0 Å². The summed E-state index contributed by atoms with van der Waals surface area (Å²) in [6.45, 7) is 6.04. The first-order valence-electron chi connectivity index (χ1n) is 9.09. The number of amides is 1. The van der Waals surface area contributed by atoms with Crippen LogP contribution in [0.4, 0.5) is 0 Å². The summed E-state index contributed by atoms with van der Waals surface area (Å²) in [5.41, 5.74) is 0.552. The number of carbonyl (C=O) groups is 1. The fourth-order valence-corrected chi connectivity index (χ4v) is 5.58. The minimum atomic E-state index is -0.285. The third-order valence-corrected chi connectivity index (χ3v) is 6.27. The summed E-state index contributed by atoms with van der Waals surface area (Å²) in [5.74, 6) is 2.45. The maximum absolute atomic E-state index is 12.0. The Kier molecular flexibility index (Phi) is 4.40. The van der Waals surface area contributed by atoms with Crippen molar-refractivity contribution in [1.82, 2.24) is 10.6 Å². The van der Waals surface area contributed by atoms with Gasteiger partial charge in [-0.3, -0.25) is 4.79 Å². The maximum atomic E-state index is 12.0. The van der Waals surface area contributed by atoms with Crippen molar-refractivity contribution in [2.75, 3.05) is 0 Å². The van der Waals surface area contributed by atoms with Crippen molar-refractivity contribution in [2.45, 2.75) is 71.4 Å². The lowest BCUT2D eigenvalue weighted by molar-refractivity contribution is -0.117.